The quantitative estimate of drug-likeness (QED) is 0.837. The van der Waals surface area contributed by atoms with Crippen LogP contribution in [0.5, 0.6) is 0 Å². The first-order valence-corrected chi connectivity index (χ1v) is 6.59. The van der Waals surface area contributed by atoms with Crippen molar-refractivity contribution in [3.63, 3.8) is 0 Å². The molecule has 3 heterocycles. The maximum absolute atomic E-state index is 5.79. The molecular weight excluding hydrogens is 262 g/mol. The van der Waals surface area contributed by atoms with Crippen LogP contribution in [0.4, 0.5) is 11.8 Å². The zero-order valence-corrected chi connectivity index (χ0v) is 11.2. The van der Waals surface area contributed by atoms with Gasteiger partial charge in [0.15, 0.2) is 0 Å². The zero-order chi connectivity index (χ0) is 13.1. The van der Waals surface area contributed by atoms with E-state index in [1.54, 1.807) is 12.4 Å². The Bertz CT molecular complexity index is 522. The number of halogens is 1. The van der Waals surface area contributed by atoms with Gasteiger partial charge in [-0.3, -0.25) is 0 Å². The number of nitrogens with zero attached hydrogens (tertiary/aromatic N) is 5. The van der Waals surface area contributed by atoms with Crippen molar-refractivity contribution in [1.82, 2.24) is 15.0 Å². The summed E-state index contributed by atoms with van der Waals surface area (Å²) in [5, 5.41) is 0.566. The largest absolute Gasteiger partial charge is 0.353 e. The smallest absolute Gasteiger partial charge is 0.225 e. The van der Waals surface area contributed by atoms with Crippen molar-refractivity contribution in [3.8, 4) is 0 Å². The van der Waals surface area contributed by atoms with Crippen LogP contribution in [0.3, 0.4) is 0 Å². The van der Waals surface area contributed by atoms with Crippen LogP contribution in [0, 0.1) is 0 Å². The van der Waals surface area contributed by atoms with Gasteiger partial charge in [-0.05, 0) is 12.1 Å². The van der Waals surface area contributed by atoms with Gasteiger partial charge in [-0.15, -0.1) is 0 Å². The number of anilines is 2. The van der Waals surface area contributed by atoms with E-state index in [0.717, 1.165) is 37.9 Å². The number of rotatable bonds is 2. The van der Waals surface area contributed by atoms with Crippen LogP contribution < -0.4 is 9.80 Å². The Balaban J connectivity index is 1.65. The SMILES string of the molecule is Clc1cnc(N2CCN(c3ccccn3)CC2)nc1. The topological polar surface area (TPSA) is 45.2 Å². The molecule has 0 radical (unpaired) electrons. The van der Waals surface area contributed by atoms with Gasteiger partial charge >= 0.3 is 0 Å². The molecule has 0 spiro atoms. The zero-order valence-electron chi connectivity index (χ0n) is 10.4. The maximum Gasteiger partial charge on any atom is 0.225 e. The Hall–Kier alpha value is -1.88. The highest BCUT2D eigenvalue weighted by atomic mass is 35.5. The van der Waals surface area contributed by atoms with Crippen LogP contribution in [0.25, 0.3) is 0 Å². The molecule has 0 saturated carbocycles. The lowest BCUT2D eigenvalue weighted by Crippen LogP contribution is -2.47. The fourth-order valence-corrected chi connectivity index (χ4v) is 2.24. The second-order valence-electron chi connectivity index (χ2n) is 4.36. The molecule has 98 valence electrons. The maximum atomic E-state index is 5.79. The Labute approximate surface area is 116 Å². The van der Waals surface area contributed by atoms with Gasteiger partial charge in [0.05, 0.1) is 17.4 Å². The van der Waals surface area contributed by atoms with Gasteiger partial charge in [0.2, 0.25) is 5.95 Å². The minimum absolute atomic E-state index is 0.566. The third kappa shape index (κ3) is 2.76. The first-order chi connectivity index (χ1) is 9.33. The van der Waals surface area contributed by atoms with Crippen LogP contribution in [0.1, 0.15) is 0 Å². The van der Waals surface area contributed by atoms with Gasteiger partial charge in [-0.25, -0.2) is 15.0 Å². The number of hydrogen-bond acceptors (Lipinski definition) is 5. The predicted molar refractivity (Wildman–Crippen MR) is 75.7 cm³/mol. The molecule has 6 heteroatoms. The molecule has 0 amide bonds. The van der Waals surface area contributed by atoms with Gasteiger partial charge in [-0.2, -0.15) is 0 Å². The lowest BCUT2D eigenvalue weighted by molar-refractivity contribution is 0.634. The third-order valence-corrected chi connectivity index (χ3v) is 3.34. The summed E-state index contributed by atoms with van der Waals surface area (Å²) in [6.07, 6.45) is 5.09. The fourth-order valence-electron chi connectivity index (χ4n) is 2.15. The van der Waals surface area contributed by atoms with E-state index in [0.29, 0.717) is 5.02 Å². The Morgan fingerprint density at radius 2 is 1.58 bits per heavy atom. The van der Waals surface area contributed by atoms with Gasteiger partial charge in [0, 0.05) is 32.4 Å². The highest BCUT2D eigenvalue weighted by molar-refractivity contribution is 6.30. The first-order valence-electron chi connectivity index (χ1n) is 6.21. The van der Waals surface area contributed by atoms with E-state index in [4.69, 9.17) is 11.6 Å². The summed E-state index contributed by atoms with van der Waals surface area (Å²) in [6, 6.07) is 5.98. The molecule has 2 aromatic heterocycles. The summed E-state index contributed by atoms with van der Waals surface area (Å²) in [4.78, 5) is 17.3. The van der Waals surface area contributed by atoms with E-state index < -0.39 is 0 Å². The minimum Gasteiger partial charge on any atom is -0.353 e. The van der Waals surface area contributed by atoms with Crippen molar-refractivity contribution in [2.45, 2.75) is 0 Å². The highest BCUT2D eigenvalue weighted by Crippen LogP contribution is 2.16. The van der Waals surface area contributed by atoms with E-state index in [9.17, 15) is 0 Å². The van der Waals surface area contributed by atoms with Crippen LogP contribution in [0.15, 0.2) is 36.8 Å². The molecule has 0 unspecified atom stereocenters. The van der Waals surface area contributed by atoms with Crippen molar-refractivity contribution < 1.29 is 0 Å². The predicted octanol–water partition coefficient (Wildman–Crippen LogP) is 1.85. The van der Waals surface area contributed by atoms with E-state index in [-0.39, 0.29) is 0 Å². The normalized spacial score (nSPS) is 15.6. The van der Waals surface area contributed by atoms with Gasteiger partial charge in [0.25, 0.3) is 0 Å². The second kappa shape index (κ2) is 5.40. The van der Waals surface area contributed by atoms with E-state index >= 15 is 0 Å². The molecule has 0 aliphatic carbocycles. The monoisotopic (exact) mass is 275 g/mol. The standard InChI is InChI=1S/C13H14ClN5/c14-11-9-16-13(17-10-11)19-7-5-18(6-8-19)12-3-1-2-4-15-12/h1-4,9-10H,5-8H2. The van der Waals surface area contributed by atoms with E-state index in [2.05, 4.69) is 24.8 Å². The molecule has 0 atom stereocenters. The molecule has 1 aliphatic rings. The van der Waals surface area contributed by atoms with Crippen LogP contribution in [0.2, 0.25) is 5.02 Å². The number of hydrogen-bond donors (Lipinski definition) is 0. The summed E-state index contributed by atoms with van der Waals surface area (Å²) < 4.78 is 0. The van der Waals surface area contributed by atoms with E-state index in [1.165, 1.54) is 0 Å². The molecule has 2 aromatic rings. The van der Waals surface area contributed by atoms with Gasteiger partial charge in [-0.1, -0.05) is 17.7 Å². The molecule has 5 nitrogen and oxygen atoms in total. The molecule has 19 heavy (non-hydrogen) atoms. The van der Waals surface area contributed by atoms with Crippen molar-refractivity contribution >= 4 is 23.4 Å². The van der Waals surface area contributed by atoms with Crippen molar-refractivity contribution in [3.05, 3.63) is 41.8 Å². The van der Waals surface area contributed by atoms with Crippen LogP contribution >= 0.6 is 11.6 Å². The molecule has 3 rings (SSSR count). The molecule has 1 saturated heterocycles. The average molecular weight is 276 g/mol. The molecule has 0 aromatic carbocycles. The summed E-state index contributed by atoms with van der Waals surface area (Å²) in [5.41, 5.74) is 0. The number of piperazine rings is 1. The summed E-state index contributed by atoms with van der Waals surface area (Å²) >= 11 is 5.79. The average Bonchev–Trinajstić information content (AvgIpc) is 2.49. The first kappa shape index (κ1) is 12.2. The third-order valence-electron chi connectivity index (χ3n) is 3.14. The summed E-state index contributed by atoms with van der Waals surface area (Å²) in [6.45, 7) is 3.61. The van der Waals surface area contributed by atoms with Crippen molar-refractivity contribution in [2.75, 3.05) is 36.0 Å². The number of pyridine rings is 1. The Kier molecular flexibility index (Phi) is 3.46. The minimum atomic E-state index is 0.566. The fraction of sp³-hybridized carbons (Fsp3) is 0.308. The van der Waals surface area contributed by atoms with Gasteiger partial charge < -0.3 is 9.80 Å². The van der Waals surface area contributed by atoms with Crippen LogP contribution in [-0.4, -0.2) is 41.1 Å². The Morgan fingerprint density at radius 1 is 0.895 bits per heavy atom. The molecular formula is C13H14ClN5. The summed E-state index contributed by atoms with van der Waals surface area (Å²) in [7, 11) is 0. The molecule has 0 N–H and O–H groups in total. The number of aromatic nitrogens is 3. The lowest BCUT2D eigenvalue weighted by Gasteiger charge is -2.35. The molecule has 1 aliphatic heterocycles. The van der Waals surface area contributed by atoms with E-state index in [1.807, 2.05) is 24.4 Å². The molecule has 1 fully saturated rings. The lowest BCUT2D eigenvalue weighted by atomic mass is 10.3. The Morgan fingerprint density at radius 3 is 2.21 bits per heavy atom. The summed E-state index contributed by atoms with van der Waals surface area (Å²) in [5.74, 6) is 1.77. The van der Waals surface area contributed by atoms with Crippen LogP contribution in [-0.2, 0) is 0 Å². The highest BCUT2D eigenvalue weighted by Gasteiger charge is 2.19. The van der Waals surface area contributed by atoms with Gasteiger partial charge in [0.1, 0.15) is 5.82 Å². The van der Waals surface area contributed by atoms with Crippen molar-refractivity contribution in [2.24, 2.45) is 0 Å². The molecule has 0 bridgehead atoms. The van der Waals surface area contributed by atoms with Crippen molar-refractivity contribution in [1.29, 1.82) is 0 Å². The second-order valence-corrected chi connectivity index (χ2v) is 4.80.